The summed E-state index contributed by atoms with van der Waals surface area (Å²) < 4.78 is 0. The maximum atomic E-state index is 4.69. The van der Waals surface area contributed by atoms with Gasteiger partial charge in [0.1, 0.15) is 5.01 Å². The van der Waals surface area contributed by atoms with Gasteiger partial charge < -0.3 is 5.32 Å². The van der Waals surface area contributed by atoms with Crippen LogP contribution in [0.15, 0.2) is 5.38 Å². The highest BCUT2D eigenvalue weighted by atomic mass is 32.1. The van der Waals surface area contributed by atoms with Gasteiger partial charge in [0, 0.05) is 17.1 Å². The Morgan fingerprint density at radius 3 is 2.62 bits per heavy atom. The van der Waals surface area contributed by atoms with Crippen molar-refractivity contribution in [2.75, 3.05) is 0 Å². The predicted octanol–water partition coefficient (Wildman–Crippen LogP) is 3.43. The van der Waals surface area contributed by atoms with Gasteiger partial charge in [-0.3, -0.25) is 0 Å². The average molecular weight is 236 g/mol. The Hall–Kier alpha value is -0.410. The standard InChI is InChI=1S/C13H20N2S/c1-9-8-16-13(14-9)12(15-11-6-7-11)10-4-2-3-5-10/h8,10-12,15H,2-7H2,1H3. The molecule has 2 aliphatic rings. The SMILES string of the molecule is Cc1csc(C(NC2CC2)C2CCCC2)n1. The summed E-state index contributed by atoms with van der Waals surface area (Å²) in [5.74, 6) is 0.839. The molecule has 1 unspecified atom stereocenters. The van der Waals surface area contributed by atoms with Crippen molar-refractivity contribution in [2.45, 2.75) is 57.5 Å². The number of aromatic nitrogens is 1. The predicted molar refractivity (Wildman–Crippen MR) is 67.7 cm³/mol. The normalized spacial score (nSPS) is 23.8. The monoisotopic (exact) mass is 236 g/mol. The smallest absolute Gasteiger partial charge is 0.110 e. The second kappa shape index (κ2) is 4.46. The van der Waals surface area contributed by atoms with Crippen molar-refractivity contribution in [1.82, 2.24) is 10.3 Å². The molecule has 0 spiro atoms. The van der Waals surface area contributed by atoms with Gasteiger partial charge in [0.2, 0.25) is 0 Å². The molecule has 1 heterocycles. The zero-order valence-electron chi connectivity index (χ0n) is 9.91. The molecule has 2 fully saturated rings. The molecule has 3 rings (SSSR count). The summed E-state index contributed by atoms with van der Waals surface area (Å²) in [6.07, 6.45) is 8.35. The van der Waals surface area contributed by atoms with Gasteiger partial charge in [-0.1, -0.05) is 12.8 Å². The average Bonchev–Trinajstić information content (AvgIpc) is 2.79. The molecule has 1 atom stereocenters. The van der Waals surface area contributed by atoms with Crippen molar-refractivity contribution in [3.63, 3.8) is 0 Å². The Balaban J connectivity index is 1.76. The summed E-state index contributed by atoms with van der Waals surface area (Å²) in [4.78, 5) is 4.69. The zero-order chi connectivity index (χ0) is 11.0. The quantitative estimate of drug-likeness (QED) is 0.866. The zero-order valence-corrected chi connectivity index (χ0v) is 10.7. The van der Waals surface area contributed by atoms with Gasteiger partial charge in [0.05, 0.1) is 6.04 Å². The van der Waals surface area contributed by atoms with E-state index in [1.165, 1.54) is 49.2 Å². The van der Waals surface area contributed by atoms with Crippen molar-refractivity contribution in [3.8, 4) is 0 Å². The van der Waals surface area contributed by atoms with Gasteiger partial charge >= 0.3 is 0 Å². The molecule has 2 nitrogen and oxygen atoms in total. The van der Waals surface area contributed by atoms with Crippen molar-refractivity contribution in [1.29, 1.82) is 0 Å². The Bertz CT molecular complexity index is 351. The fraction of sp³-hybridized carbons (Fsp3) is 0.769. The summed E-state index contributed by atoms with van der Waals surface area (Å²) in [5, 5.41) is 7.33. The number of rotatable bonds is 4. The number of hydrogen-bond acceptors (Lipinski definition) is 3. The van der Waals surface area contributed by atoms with E-state index < -0.39 is 0 Å². The lowest BCUT2D eigenvalue weighted by Gasteiger charge is -2.22. The number of thiazole rings is 1. The molecular formula is C13H20N2S. The molecule has 0 radical (unpaired) electrons. The summed E-state index contributed by atoms with van der Waals surface area (Å²) >= 11 is 1.84. The first-order chi connectivity index (χ1) is 7.83. The molecule has 3 heteroatoms. The van der Waals surface area contributed by atoms with Crippen LogP contribution in [0.1, 0.15) is 55.3 Å². The molecule has 1 aromatic heterocycles. The van der Waals surface area contributed by atoms with Gasteiger partial charge in [-0.25, -0.2) is 4.98 Å². The first-order valence-corrected chi connectivity index (χ1v) is 7.39. The van der Waals surface area contributed by atoms with E-state index in [1.807, 2.05) is 11.3 Å². The fourth-order valence-electron chi connectivity index (χ4n) is 2.72. The highest BCUT2D eigenvalue weighted by molar-refractivity contribution is 7.09. The maximum Gasteiger partial charge on any atom is 0.110 e. The molecule has 0 aliphatic heterocycles. The molecule has 2 saturated carbocycles. The molecule has 2 aliphatic carbocycles. The molecule has 1 aromatic rings. The van der Waals surface area contributed by atoms with Crippen molar-refractivity contribution in [2.24, 2.45) is 5.92 Å². The molecule has 0 aromatic carbocycles. The van der Waals surface area contributed by atoms with Gasteiger partial charge in [0.15, 0.2) is 0 Å². The van der Waals surface area contributed by atoms with Crippen LogP contribution in [0, 0.1) is 12.8 Å². The molecule has 16 heavy (non-hydrogen) atoms. The highest BCUT2D eigenvalue weighted by Crippen LogP contribution is 2.38. The van der Waals surface area contributed by atoms with Gasteiger partial charge in [0.25, 0.3) is 0 Å². The minimum Gasteiger partial charge on any atom is -0.305 e. The largest absolute Gasteiger partial charge is 0.305 e. The van der Waals surface area contributed by atoms with Crippen LogP contribution < -0.4 is 5.32 Å². The summed E-state index contributed by atoms with van der Waals surface area (Å²) in [7, 11) is 0. The van der Waals surface area contributed by atoms with E-state index in [9.17, 15) is 0 Å². The molecule has 0 amide bonds. The second-order valence-electron chi connectivity index (χ2n) is 5.29. The van der Waals surface area contributed by atoms with Crippen LogP contribution in [0.5, 0.6) is 0 Å². The van der Waals surface area contributed by atoms with E-state index in [-0.39, 0.29) is 0 Å². The summed E-state index contributed by atoms with van der Waals surface area (Å²) in [6.45, 7) is 2.10. The third kappa shape index (κ3) is 2.30. The third-order valence-corrected chi connectivity index (χ3v) is 4.81. The van der Waals surface area contributed by atoms with Crippen molar-refractivity contribution < 1.29 is 0 Å². The lowest BCUT2D eigenvalue weighted by molar-refractivity contribution is 0.363. The van der Waals surface area contributed by atoms with E-state index in [0.29, 0.717) is 6.04 Å². The first kappa shape index (κ1) is 10.7. The van der Waals surface area contributed by atoms with Crippen LogP contribution in [0.3, 0.4) is 0 Å². The summed E-state index contributed by atoms with van der Waals surface area (Å²) in [5.41, 5.74) is 1.18. The Morgan fingerprint density at radius 1 is 1.31 bits per heavy atom. The van der Waals surface area contributed by atoms with Crippen molar-refractivity contribution in [3.05, 3.63) is 16.1 Å². The van der Waals surface area contributed by atoms with E-state index in [4.69, 9.17) is 4.98 Å². The van der Waals surface area contributed by atoms with Gasteiger partial charge in [-0.05, 0) is 38.5 Å². The minimum absolute atomic E-state index is 0.550. The van der Waals surface area contributed by atoms with Crippen molar-refractivity contribution >= 4 is 11.3 Å². The fourth-order valence-corrected chi connectivity index (χ4v) is 3.67. The number of nitrogens with zero attached hydrogens (tertiary/aromatic N) is 1. The van der Waals surface area contributed by atoms with Gasteiger partial charge in [-0.15, -0.1) is 11.3 Å². The number of aryl methyl sites for hydroxylation is 1. The molecular weight excluding hydrogens is 216 g/mol. The van der Waals surface area contributed by atoms with E-state index in [0.717, 1.165) is 12.0 Å². The lowest BCUT2D eigenvalue weighted by atomic mass is 9.98. The molecule has 0 saturated heterocycles. The number of hydrogen-bond donors (Lipinski definition) is 1. The van der Waals surface area contributed by atoms with Crippen LogP contribution in [0.25, 0.3) is 0 Å². The maximum absolute atomic E-state index is 4.69. The topological polar surface area (TPSA) is 24.9 Å². The van der Waals surface area contributed by atoms with Crippen LogP contribution in [0.4, 0.5) is 0 Å². The Morgan fingerprint density at radius 2 is 2.06 bits per heavy atom. The van der Waals surface area contributed by atoms with Gasteiger partial charge in [-0.2, -0.15) is 0 Å². The Kier molecular flexibility index (Phi) is 2.99. The van der Waals surface area contributed by atoms with Crippen LogP contribution >= 0.6 is 11.3 Å². The van der Waals surface area contributed by atoms with Crippen LogP contribution in [0.2, 0.25) is 0 Å². The molecule has 1 N–H and O–H groups in total. The third-order valence-electron chi connectivity index (χ3n) is 3.77. The van der Waals surface area contributed by atoms with Crippen LogP contribution in [-0.4, -0.2) is 11.0 Å². The van der Waals surface area contributed by atoms with E-state index in [2.05, 4.69) is 17.6 Å². The molecule has 88 valence electrons. The van der Waals surface area contributed by atoms with E-state index >= 15 is 0 Å². The summed E-state index contributed by atoms with van der Waals surface area (Å²) in [6, 6.07) is 1.34. The Labute approximate surface area is 101 Å². The lowest BCUT2D eigenvalue weighted by Crippen LogP contribution is -2.28. The second-order valence-corrected chi connectivity index (χ2v) is 6.18. The van der Waals surface area contributed by atoms with E-state index in [1.54, 1.807) is 0 Å². The highest BCUT2D eigenvalue weighted by Gasteiger charge is 2.33. The minimum atomic E-state index is 0.550. The number of nitrogens with one attached hydrogen (secondary N) is 1. The first-order valence-electron chi connectivity index (χ1n) is 6.51. The molecule has 0 bridgehead atoms. The van der Waals surface area contributed by atoms with Crippen LogP contribution in [-0.2, 0) is 0 Å².